The third-order valence-electron chi connectivity index (χ3n) is 7.95. The molecule has 0 amide bonds. The van der Waals surface area contributed by atoms with Crippen molar-refractivity contribution in [3.05, 3.63) is 0 Å². The van der Waals surface area contributed by atoms with Crippen LogP contribution in [0.3, 0.4) is 0 Å². The second kappa shape index (κ2) is 4.77. The molecule has 6 heteroatoms. The van der Waals surface area contributed by atoms with Crippen LogP contribution in [0.25, 0.3) is 0 Å². The van der Waals surface area contributed by atoms with Gasteiger partial charge in [0.05, 0.1) is 18.9 Å². The molecule has 0 aromatic heterocycles. The summed E-state index contributed by atoms with van der Waals surface area (Å²) in [5.41, 5.74) is -1.81. The molecule has 0 radical (unpaired) electrons. The third kappa shape index (κ3) is 1.78. The lowest BCUT2D eigenvalue weighted by molar-refractivity contribution is -0.257. The van der Waals surface area contributed by atoms with E-state index in [1.54, 1.807) is 0 Å². The SMILES string of the molecule is CC(C)C(=O)O[C@@H]1C[C@]23OC(=O)C[C@]2(C[C@@]2(O)OCC3(C)[C@H]2C)[C@@H]1C. The maximum atomic E-state index is 12.4. The van der Waals surface area contributed by atoms with Crippen LogP contribution in [0, 0.1) is 28.6 Å². The first kappa shape index (κ1) is 17.3. The second-order valence-electron chi connectivity index (χ2n) is 9.21. The van der Waals surface area contributed by atoms with Gasteiger partial charge in [0.1, 0.15) is 11.7 Å². The molecule has 25 heavy (non-hydrogen) atoms. The van der Waals surface area contributed by atoms with Crippen LogP contribution in [0.2, 0.25) is 0 Å². The van der Waals surface area contributed by atoms with E-state index in [1.807, 2.05) is 34.6 Å². The molecule has 4 fully saturated rings. The van der Waals surface area contributed by atoms with Crippen LogP contribution in [0.4, 0.5) is 0 Å². The highest BCUT2D eigenvalue weighted by atomic mass is 16.6. The van der Waals surface area contributed by atoms with Crippen LogP contribution >= 0.6 is 0 Å². The maximum absolute atomic E-state index is 12.4. The van der Waals surface area contributed by atoms with Gasteiger partial charge in [0, 0.05) is 35.5 Å². The molecule has 2 saturated carbocycles. The summed E-state index contributed by atoms with van der Waals surface area (Å²) in [6, 6.07) is 0. The van der Waals surface area contributed by atoms with Crippen LogP contribution in [0.15, 0.2) is 0 Å². The zero-order chi connectivity index (χ0) is 18.4. The summed E-state index contributed by atoms with van der Waals surface area (Å²) < 4.78 is 17.7. The van der Waals surface area contributed by atoms with Crippen molar-refractivity contribution in [3.8, 4) is 0 Å². The van der Waals surface area contributed by atoms with Crippen molar-refractivity contribution in [2.24, 2.45) is 28.6 Å². The van der Waals surface area contributed by atoms with E-state index in [2.05, 4.69) is 0 Å². The lowest BCUT2D eigenvalue weighted by Crippen LogP contribution is -2.64. The van der Waals surface area contributed by atoms with Crippen LogP contribution in [-0.2, 0) is 23.8 Å². The van der Waals surface area contributed by atoms with E-state index in [0.29, 0.717) is 19.4 Å². The van der Waals surface area contributed by atoms with Crippen LogP contribution in [0.5, 0.6) is 0 Å². The highest BCUT2D eigenvalue weighted by Gasteiger charge is 2.84. The summed E-state index contributed by atoms with van der Waals surface area (Å²) in [6.07, 6.45) is 0.769. The number of carbonyl (C=O) groups excluding carboxylic acids is 2. The van der Waals surface area contributed by atoms with Gasteiger partial charge >= 0.3 is 11.9 Å². The maximum Gasteiger partial charge on any atom is 0.308 e. The molecular weight excluding hydrogens is 324 g/mol. The standard InChI is InChI=1S/C19H28O6/c1-10(2)15(21)24-13-6-19-16(5)9-23-18(22,12(16)4)8-17(19,11(13)3)7-14(20)25-19/h10-13,22H,6-9H2,1-5H3/t11-,12-,13-,16?,17+,18-,19-/m1/s1. The van der Waals surface area contributed by atoms with Crippen molar-refractivity contribution in [1.29, 1.82) is 0 Å². The molecule has 1 unspecified atom stereocenters. The van der Waals surface area contributed by atoms with Gasteiger partial charge < -0.3 is 19.3 Å². The first-order valence-corrected chi connectivity index (χ1v) is 9.30. The molecule has 0 aromatic rings. The van der Waals surface area contributed by atoms with Crippen LogP contribution in [0.1, 0.15) is 53.9 Å². The summed E-state index contributed by atoms with van der Waals surface area (Å²) in [5.74, 6) is -2.15. The molecular formula is C19H28O6. The molecule has 0 spiro atoms. The Hall–Kier alpha value is -1.14. The Bertz CT molecular complexity index is 646. The topological polar surface area (TPSA) is 82.1 Å². The van der Waals surface area contributed by atoms with E-state index in [0.717, 1.165) is 0 Å². The first-order valence-electron chi connectivity index (χ1n) is 9.30. The fourth-order valence-corrected chi connectivity index (χ4v) is 6.18. The Labute approximate surface area is 148 Å². The molecule has 2 aliphatic heterocycles. The quantitative estimate of drug-likeness (QED) is 0.766. The van der Waals surface area contributed by atoms with Crippen molar-refractivity contribution >= 4 is 11.9 Å². The molecule has 2 bridgehead atoms. The number of rotatable bonds is 2. The average Bonchev–Trinajstić information content (AvgIpc) is 3.00. The third-order valence-corrected chi connectivity index (χ3v) is 7.95. The van der Waals surface area contributed by atoms with Crippen LogP contribution < -0.4 is 0 Å². The molecule has 1 N–H and O–H groups in total. The Morgan fingerprint density at radius 3 is 2.68 bits per heavy atom. The van der Waals surface area contributed by atoms with Gasteiger partial charge in [0.2, 0.25) is 0 Å². The van der Waals surface area contributed by atoms with Gasteiger partial charge in [-0.3, -0.25) is 9.59 Å². The molecule has 4 rings (SSSR count). The number of fused-ring (bicyclic) bond motifs is 2. The molecule has 2 saturated heterocycles. The van der Waals surface area contributed by atoms with E-state index >= 15 is 0 Å². The van der Waals surface area contributed by atoms with Gasteiger partial charge in [-0.25, -0.2) is 0 Å². The molecule has 2 aliphatic carbocycles. The predicted octanol–water partition coefficient (Wildman–Crippen LogP) is 2.03. The lowest BCUT2D eigenvalue weighted by atomic mass is 9.48. The Morgan fingerprint density at radius 1 is 1.36 bits per heavy atom. The first-order chi connectivity index (χ1) is 11.5. The van der Waals surface area contributed by atoms with Gasteiger partial charge in [-0.15, -0.1) is 0 Å². The number of aliphatic hydroxyl groups is 1. The predicted molar refractivity (Wildman–Crippen MR) is 87.2 cm³/mol. The smallest absolute Gasteiger partial charge is 0.308 e. The van der Waals surface area contributed by atoms with Gasteiger partial charge in [0.15, 0.2) is 5.79 Å². The monoisotopic (exact) mass is 352 g/mol. The summed E-state index contributed by atoms with van der Waals surface area (Å²) in [5, 5.41) is 11.1. The average molecular weight is 352 g/mol. The second-order valence-corrected chi connectivity index (χ2v) is 9.21. The van der Waals surface area contributed by atoms with Gasteiger partial charge in [-0.05, 0) is 0 Å². The number of hydrogen-bond acceptors (Lipinski definition) is 6. The minimum Gasteiger partial charge on any atom is -0.462 e. The molecule has 4 aliphatic rings. The van der Waals surface area contributed by atoms with Crippen LogP contribution in [-0.4, -0.2) is 41.1 Å². The number of esters is 2. The van der Waals surface area contributed by atoms with E-state index in [-0.39, 0.29) is 42.2 Å². The van der Waals surface area contributed by atoms with Crippen molar-refractivity contribution in [1.82, 2.24) is 0 Å². The minimum atomic E-state index is -1.25. The highest BCUT2D eigenvalue weighted by Crippen LogP contribution is 2.75. The Kier molecular flexibility index (Phi) is 3.30. The largest absolute Gasteiger partial charge is 0.462 e. The van der Waals surface area contributed by atoms with E-state index in [4.69, 9.17) is 14.2 Å². The van der Waals surface area contributed by atoms with Gasteiger partial charge in [-0.2, -0.15) is 0 Å². The normalized spacial score (nSPS) is 53.6. The molecule has 7 atom stereocenters. The van der Waals surface area contributed by atoms with E-state index < -0.39 is 22.2 Å². The van der Waals surface area contributed by atoms with Crippen molar-refractivity contribution in [2.45, 2.75) is 71.4 Å². The molecule has 0 aromatic carbocycles. The summed E-state index contributed by atoms with van der Waals surface area (Å²) in [7, 11) is 0. The Morgan fingerprint density at radius 2 is 2.04 bits per heavy atom. The van der Waals surface area contributed by atoms with E-state index in [9.17, 15) is 14.7 Å². The molecule has 6 nitrogen and oxygen atoms in total. The molecule has 140 valence electrons. The number of hydrogen-bond donors (Lipinski definition) is 1. The summed E-state index contributed by atoms with van der Waals surface area (Å²) in [4.78, 5) is 24.6. The van der Waals surface area contributed by atoms with E-state index in [1.165, 1.54) is 0 Å². The zero-order valence-corrected chi connectivity index (χ0v) is 15.6. The van der Waals surface area contributed by atoms with Crippen molar-refractivity contribution in [2.75, 3.05) is 6.61 Å². The summed E-state index contributed by atoms with van der Waals surface area (Å²) in [6.45, 7) is 10.0. The van der Waals surface area contributed by atoms with Gasteiger partial charge in [-0.1, -0.05) is 34.6 Å². The van der Waals surface area contributed by atoms with Gasteiger partial charge in [0.25, 0.3) is 0 Å². The highest BCUT2D eigenvalue weighted by molar-refractivity contribution is 5.76. The summed E-state index contributed by atoms with van der Waals surface area (Å²) >= 11 is 0. The van der Waals surface area contributed by atoms with Crippen molar-refractivity contribution < 1.29 is 28.9 Å². The number of ether oxygens (including phenoxy) is 3. The molecule has 2 heterocycles. The van der Waals surface area contributed by atoms with Crippen molar-refractivity contribution in [3.63, 3.8) is 0 Å². The zero-order valence-electron chi connectivity index (χ0n) is 15.6. The number of carbonyl (C=O) groups is 2. The fraction of sp³-hybridized carbons (Fsp3) is 0.895. The lowest BCUT2D eigenvalue weighted by Gasteiger charge is -2.56. The Balaban J connectivity index is 1.80. The minimum absolute atomic E-state index is 0.0818. The fourth-order valence-electron chi connectivity index (χ4n) is 6.18.